The van der Waals surface area contributed by atoms with Gasteiger partial charge in [0.15, 0.2) is 23.9 Å². The van der Waals surface area contributed by atoms with Gasteiger partial charge in [0.2, 0.25) is 5.78 Å². The van der Waals surface area contributed by atoms with E-state index >= 15 is 0 Å². The summed E-state index contributed by atoms with van der Waals surface area (Å²) in [5, 5.41) is 2.63. The van der Waals surface area contributed by atoms with Gasteiger partial charge in [0.25, 0.3) is 5.91 Å². The van der Waals surface area contributed by atoms with Gasteiger partial charge < -0.3 is 29.0 Å². The molecule has 4 rings (SSSR count). The van der Waals surface area contributed by atoms with Crippen molar-refractivity contribution in [2.75, 3.05) is 33.3 Å². The average molecular weight is 462 g/mol. The maximum absolute atomic E-state index is 12.9. The zero-order valence-corrected chi connectivity index (χ0v) is 18.8. The van der Waals surface area contributed by atoms with Gasteiger partial charge in [0, 0.05) is 23.9 Å². The van der Waals surface area contributed by atoms with Crippen LogP contribution in [0.25, 0.3) is 6.08 Å². The molecule has 0 fully saturated rings. The minimum absolute atomic E-state index is 0.116. The molecule has 0 radical (unpaired) electrons. The number of Topliss-reactive ketones (excluding diaryl/α,β-unsaturated/α-hetero) is 1. The number of hydrogen-bond donors (Lipinski definition) is 1. The number of methoxy groups -OCH3 is 3. The predicted octanol–water partition coefficient (Wildman–Crippen LogP) is 3.74. The number of nitrogens with one attached hydrogen (secondary N) is 1. The van der Waals surface area contributed by atoms with E-state index in [0.717, 1.165) is 0 Å². The molecule has 0 aliphatic carbocycles. The minimum Gasteiger partial charge on any atom is -0.496 e. The van der Waals surface area contributed by atoms with Crippen LogP contribution in [0.4, 0.5) is 5.82 Å². The lowest BCUT2D eigenvalue weighted by Gasteiger charge is -2.12. The monoisotopic (exact) mass is 462 g/mol. The van der Waals surface area contributed by atoms with Crippen LogP contribution in [0.1, 0.15) is 15.9 Å². The van der Waals surface area contributed by atoms with Crippen LogP contribution in [0, 0.1) is 0 Å². The highest BCUT2D eigenvalue weighted by Gasteiger charge is 2.28. The van der Waals surface area contributed by atoms with Crippen molar-refractivity contribution in [3.8, 4) is 28.7 Å². The molecule has 9 nitrogen and oxygen atoms in total. The van der Waals surface area contributed by atoms with Gasteiger partial charge in [-0.3, -0.25) is 9.59 Å². The standard InChI is InChI=1S/C25H22N2O7/c1-30-18-13-21(32-3)20(31-2)10-15(18)11-22-25(29)17-8-7-16(12-19(17)34-22)33-14-24(28)27-23-6-4-5-9-26-23/h4-13H,14H2,1-3H3,(H,26,27,28). The lowest BCUT2D eigenvalue weighted by Crippen LogP contribution is -2.20. The number of allylic oxidation sites excluding steroid dienone is 1. The number of benzene rings is 2. The number of rotatable bonds is 8. The topological polar surface area (TPSA) is 105 Å². The number of carbonyl (C=O) groups excluding carboxylic acids is 2. The van der Waals surface area contributed by atoms with Crippen molar-refractivity contribution in [1.29, 1.82) is 0 Å². The van der Waals surface area contributed by atoms with E-state index < -0.39 is 0 Å². The van der Waals surface area contributed by atoms with E-state index in [9.17, 15) is 9.59 Å². The van der Waals surface area contributed by atoms with Crippen LogP contribution in [-0.4, -0.2) is 44.6 Å². The third-order valence-corrected chi connectivity index (χ3v) is 4.97. The molecular weight excluding hydrogens is 440 g/mol. The van der Waals surface area contributed by atoms with Crippen LogP contribution in [0.3, 0.4) is 0 Å². The molecule has 174 valence electrons. The normalized spacial score (nSPS) is 13.1. The molecule has 0 spiro atoms. The molecule has 2 aromatic carbocycles. The Balaban J connectivity index is 1.49. The first-order chi connectivity index (χ1) is 16.5. The number of anilines is 1. The van der Waals surface area contributed by atoms with Crippen LogP contribution in [0.2, 0.25) is 0 Å². The number of amides is 1. The largest absolute Gasteiger partial charge is 0.496 e. The number of ether oxygens (including phenoxy) is 5. The molecule has 1 aromatic heterocycles. The van der Waals surface area contributed by atoms with Crippen molar-refractivity contribution in [3.05, 3.63) is 71.6 Å². The zero-order valence-electron chi connectivity index (χ0n) is 18.8. The molecule has 34 heavy (non-hydrogen) atoms. The highest BCUT2D eigenvalue weighted by Crippen LogP contribution is 2.39. The summed E-state index contributed by atoms with van der Waals surface area (Å²) in [4.78, 5) is 29.0. The minimum atomic E-state index is -0.364. The van der Waals surface area contributed by atoms with Gasteiger partial charge in [-0.15, -0.1) is 0 Å². The molecule has 0 unspecified atom stereocenters. The number of fused-ring (bicyclic) bond motifs is 1. The SMILES string of the molecule is COc1cc(OC)c(OC)cc1C=C1Oc2cc(OCC(=O)Nc3ccccn3)ccc2C1=O. The fourth-order valence-electron chi connectivity index (χ4n) is 3.33. The number of ketones is 1. The van der Waals surface area contributed by atoms with Crippen LogP contribution < -0.4 is 29.0 Å². The van der Waals surface area contributed by atoms with E-state index in [1.165, 1.54) is 21.3 Å². The fourth-order valence-corrected chi connectivity index (χ4v) is 3.33. The summed E-state index contributed by atoms with van der Waals surface area (Å²) in [5.41, 5.74) is 0.968. The Morgan fingerprint density at radius 1 is 1.00 bits per heavy atom. The third kappa shape index (κ3) is 4.78. The van der Waals surface area contributed by atoms with E-state index in [2.05, 4.69) is 10.3 Å². The summed E-state index contributed by atoms with van der Waals surface area (Å²) in [6.45, 7) is -0.227. The Bertz CT molecular complexity index is 1260. The molecule has 1 N–H and O–H groups in total. The highest BCUT2D eigenvalue weighted by atomic mass is 16.5. The van der Waals surface area contributed by atoms with Crippen LogP contribution in [0.5, 0.6) is 28.7 Å². The number of aromatic nitrogens is 1. The maximum Gasteiger partial charge on any atom is 0.263 e. The molecule has 0 atom stereocenters. The lowest BCUT2D eigenvalue weighted by molar-refractivity contribution is -0.118. The molecule has 0 saturated carbocycles. The molecular formula is C25H22N2O7. The average Bonchev–Trinajstić information content (AvgIpc) is 3.17. The fraction of sp³-hybridized carbons (Fsp3) is 0.160. The first kappa shape index (κ1) is 22.7. The van der Waals surface area contributed by atoms with Crippen LogP contribution in [-0.2, 0) is 4.79 Å². The van der Waals surface area contributed by atoms with Crippen molar-refractivity contribution in [1.82, 2.24) is 4.98 Å². The molecule has 9 heteroatoms. The second kappa shape index (κ2) is 9.95. The summed E-state index contributed by atoms with van der Waals surface area (Å²) >= 11 is 0. The number of nitrogens with zero attached hydrogens (tertiary/aromatic N) is 1. The zero-order chi connectivity index (χ0) is 24.1. The molecule has 1 amide bonds. The van der Waals surface area contributed by atoms with Crippen molar-refractivity contribution >= 4 is 23.6 Å². The molecule has 2 heterocycles. The Labute approximate surface area is 195 Å². The van der Waals surface area contributed by atoms with Gasteiger partial charge in [-0.1, -0.05) is 6.07 Å². The summed E-state index contributed by atoms with van der Waals surface area (Å²) in [6, 6.07) is 13.3. The first-order valence-electron chi connectivity index (χ1n) is 10.2. The van der Waals surface area contributed by atoms with E-state index in [1.807, 2.05) is 0 Å². The van der Waals surface area contributed by atoms with Crippen molar-refractivity contribution in [2.24, 2.45) is 0 Å². The number of hydrogen-bond acceptors (Lipinski definition) is 8. The van der Waals surface area contributed by atoms with Crippen molar-refractivity contribution < 1.29 is 33.3 Å². The Morgan fingerprint density at radius 2 is 1.76 bits per heavy atom. The van der Waals surface area contributed by atoms with Gasteiger partial charge >= 0.3 is 0 Å². The summed E-state index contributed by atoms with van der Waals surface area (Å²) in [5.74, 6) is 2.08. The smallest absolute Gasteiger partial charge is 0.263 e. The predicted molar refractivity (Wildman–Crippen MR) is 124 cm³/mol. The molecule has 0 bridgehead atoms. The Hall–Kier alpha value is -4.53. The molecule has 3 aromatic rings. The van der Waals surface area contributed by atoms with Crippen molar-refractivity contribution in [3.63, 3.8) is 0 Å². The summed E-state index contributed by atoms with van der Waals surface area (Å²) < 4.78 is 27.4. The van der Waals surface area contributed by atoms with Crippen LogP contribution >= 0.6 is 0 Å². The highest BCUT2D eigenvalue weighted by molar-refractivity contribution is 6.14. The molecule has 0 saturated heterocycles. The maximum atomic E-state index is 12.9. The quantitative estimate of drug-likeness (QED) is 0.505. The van der Waals surface area contributed by atoms with E-state index in [0.29, 0.717) is 45.7 Å². The van der Waals surface area contributed by atoms with E-state index in [4.69, 9.17) is 23.7 Å². The second-order valence-electron chi connectivity index (χ2n) is 7.10. The van der Waals surface area contributed by atoms with E-state index in [-0.39, 0.29) is 24.1 Å². The van der Waals surface area contributed by atoms with Gasteiger partial charge in [-0.2, -0.15) is 0 Å². The third-order valence-electron chi connectivity index (χ3n) is 4.97. The van der Waals surface area contributed by atoms with Crippen molar-refractivity contribution in [2.45, 2.75) is 0 Å². The summed E-state index contributed by atoms with van der Waals surface area (Å²) in [7, 11) is 4.56. The lowest BCUT2D eigenvalue weighted by atomic mass is 10.1. The number of pyridine rings is 1. The summed E-state index contributed by atoms with van der Waals surface area (Å²) in [6.07, 6.45) is 3.15. The molecule has 1 aliphatic rings. The van der Waals surface area contributed by atoms with Gasteiger partial charge in [0.1, 0.15) is 23.1 Å². The molecule has 1 aliphatic heterocycles. The van der Waals surface area contributed by atoms with Gasteiger partial charge in [-0.25, -0.2) is 4.98 Å². The first-order valence-corrected chi connectivity index (χ1v) is 10.2. The van der Waals surface area contributed by atoms with Gasteiger partial charge in [-0.05, 0) is 36.4 Å². The number of carbonyl (C=O) groups is 2. The Morgan fingerprint density at radius 3 is 2.47 bits per heavy atom. The Kier molecular flexibility index (Phi) is 6.63. The second-order valence-corrected chi connectivity index (χ2v) is 7.10. The van der Waals surface area contributed by atoms with Gasteiger partial charge in [0.05, 0.1) is 26.9 Å². The van der Waals surface area contributed by atoms with Crippen LogP contribution in [0.15, 0.2) is 60.5 Å². The van der Waals surface area contributed by atoms with E-state index in [1.54, 1.807) is 60.8 Å².